The Morgan fingerprint density at radius 1 is 0.633 bits per heavy atom. The SMILES string of the molecule is N#CC(C#N)=c1c2ccc(N=[N+]=[N-])cc2c(=C(C#N)C#N)c2ccc(N=[N+]=[N-])cc12. The second-order valence-corrected chi connectivity index (χ2v) is 5.79. The van der Waals surface area contributed by atoms with Crippen LogP contribution < -0.4 is 10.4 Å². The van der Waals surface area contributed by atoms with Gasteiger partial charge in [-0.25, -0.2) is 0 Å². The quantitative estimate of drug-likeness (QED) is 0.275. The van der Waals surface area contributed by atoms with Crippen molar-refractivity contribution < 1.29 is 0 Å². The molecule has 0 aliphatic carbocycles. The molecule has 0 amide bonds. The van der Waals surface area contributed by atoms with Gasteiger partial charge in [-0.3, -0.25) is 0 Å². The number of nitriles is 4. The van der Waals surface area contributed by atoms with Crippen molar-refractivity contribution in [1.29, 1.82) is 21.0 Å². The van der Waals surface area contributed by atoms with Crippen LogP contribution in [0.25, 0.3) is 53.6 Å². The maximum absolute atomic E-state index is 9.51. The van der Waals surface area contributed by atoms with Gasteiger partial charge in [-0.2, -0.15) is 21.0 Å². The van der Waals surface area contributed by atoms with Crippen molar-refractivity contribution in [3.05, 3.63) is 67.7 Å². The highest BCUT2D eigenvalue weighted by Gasteiger charge is 2.13. The Morgan fingerprint density at radius 3 is 1.30 bits per heavy atom. The lowest BCUT2D eigenvalue weighted by Crippen LogP contribution is -2.18. The van der Waals surface area contributed by atoms with Crippen LogP contribution in [0.1, 0.15) is 0 Å². The first-order valence-electron chi connectivity index (χ1n) is 8.12. The molecule has 3 rings (SSSR count). The van der Waals surface area contributed by atoms with E-state index in [1.54, 1.807) is 12.1 Å². The molecule has 0 aliphatic rings. The summed E-state index contributed by atoms with van der Waals surface area (Å²) in [5.74, 6) is 0. The summed E-state index contributed by atoms with van der Waals surface area (Å²) < 4.78 is 0. The van der Waals surface area contributed by atoms with Crippen LogP contribution in [-0.2, 0) is 0 Å². The van der Waals surface area contributed by atoms with Gasteiger partial charge in [0.25, 0.3) is 0 Å². The summed E-state index contributed by atoms with van der Waals surface area (Å²) in [6.45, 7) is 0. The predicted molar refractivity (Wildman–Crippen MR) is 108 cm³/mol. The van der Waals surface area contributed by atoms with Gasteiger partial charge in [0.05, 0.1) is 0 Å². The van der Waals surface area contributed by atoms with E-state index in [0.29, 0.717) is 21.5 Å². The first-order chi connectivity index (χ1) is 14.6. The maximum atomic E-state index is 9.51. The molecular formula is C20H6N10. The summed E-state index contributed by atoms with van der Waals surface area (Å²) in [4.78, 5) is 5.49. The molecule has 10 heteroatoms. The first-order valence-corrected chi connectivity index (χ1v) is 8.12. The molecule has 0 radical (unpaired) electrons. The lowest BCUT2D eigenvalue weighted by Gasteiger charge is -2.09. The molecule has 0 heterocycles. The van der Waals surface area contributed by atoms with Gasteiger partial charge in [-0.1, -0.05) is 34.5 Å². The number of nitrogens with zero attached hydrogens (tertiary/aromatic N) is 10. The van der Waals surface area contributed by atoms with E-state index in [0.717, 1.165) is 0 Å². The van der Waals surface area contributed by atoms with Crippen LogP contribution in [0.15, 0.2) is 46.6 Å². The summed E-state index contributed by atoms with van der Waals surface area (Å²) in [5.41, 5.74) is 17.6. The number of azide groups is 2. The number of fused-ring (bicyclic) bond motifs is 2. The third-order valence-corrected chi connectivity index (χ3v) is 4.35. The number of hydrogen-bond acceptors (Lipinski definition) is 6. The highest BCUT2D eigenvalue weighted by Crippen LogP contribution is 2.24. The van der Waals surface area contributed by atoms with E-state index < -0.39 is 0 Å². The molecule has 136 valence electrons. The van der Waals surface area contributed by atoms with Crippen molar-refractivity contribution in [1.82, 2.24) is 0 Å². The molecule has 0 atom stereocenters. The molecule has 0 aromatic heterocycles. The summed E-state index contributed by atoms with van der Waals surface area (Å²) in [6, 6.07) is 16.4. The van der Waals surface area contributed by atoms with Crippen LogP contribution in [-0.4, -0.2) is 0 Å². The van der Waals surface area contributed by atoms with E-state index in [1.165, 1.54) is 24.3 Å². The fraction of sp³-hybridized carbons (Fsp3) is 0. The first kappa shape index (κ1) is 19.3. The molecule has 0 saturated heterocycles. The summed E-state index contributed by atoms with van der Waals surface area (Å²) in [7, 11) is 0. The van der Waals surface area contributed by atoms with Gasteiger partial charge < -0.3 is 0 Å². The van der Waals surface area contributed by atoms with Crippen LogP contribution >= 0.6 is 0 Å². The van der Waals surface area contributed by atoms with Crippen molar-refractivity contribution in [2.75, 3.05) is 0 Å². The fourth-order valence-corrected chi connectivity index (χ4v) is 3.24. The highest BCUT2D eigenvalue weighted by atomic mass is 15.1. The van der Waals surface area contributed by atoms with Gasteiger partial charge in [0.2, 0.25) is 0 Å². The minimum Gasteiger partial charge on any atom is -0.192 e. The Kier molecular flexibility index (Phi) is 5.15. The topological polar surface area (TPSA) is 193 Å². The zero-order valence-corrected chi connectivity index (χ0v) is 14.9. The molecule has 0 spiro atoms. The summed E-state index contributed by atoms with van der Waals surface area (Å²) >= 11 is 0. The molecule has 10 nitrogen and oxygen atoms in total. The van der Waals surface area contributed by atoms with Gasteiger partial charge in [-0.05, 0) is 44.7 Å². The molecular weight excluding hydrogens is 380 g/mol. The van der Waals surface area contributed by atoms with Crippen molar-refractivity contribution in [2.45, 2.75) is 0 Å². The molecule has 0 N–H and O–H groups in total. The van der Waals surface area contributed by atoms with Crippen LogP contribution in [0.5, 0.6) is 0 Å². The lowest BCUT2D eigenvalue weighted by atomic mass is 9.93. The van der Waals surface area contributed by atoms with Crippen LogP contribution in [0.4, 0.5) is 11.4 Å². The van der Waals surface area contributed by atoms with Gasteiger partial charge in [-0.15, -0.1) is 0 Å². The molecule has 0 bridgehead atoms. The maximum Gasteiger partial charge on any atom is 0.138 e. The van der Waals surface area contributed by atoms with Gasteiger partial charge in [0, 0.05) is 31.6 Å². The summed E-state index contributed by atoms with van der Waals surface area (Å²) in [6.07, 6.45) is 0. The summed E-state index contributed by atoms with van der Waals surface area (Å²) in [5, 5.41) is 47.2. The second kappa shape index (κ2) is 8.03. The van der Waals surface area contributed by atoms with Gasteiger partial charge in [0.1, 0.15) is 35.4 Å². The zero-order chi connectivity index (χ0) is 21.7. The Hall–Kier alpha value is -5.50. The number of rotatable bonds is 2. The Bertz CT molecular complexity index is 1480. The van der Waals surface area contributed by atoms with E-state index >= 15 is 0 Å². The monoisotopic (exact) mass is 386 g/mol. The van der Waals surface area contributed by atoms with E-state index in [2.05, 4.69) is 20.1 Å². The minimum atomic E-state index is -0.207. The highest BCUT2D eigenvalue weighted by molar-refractivity contribution is 6.07. The average molecular weight is 386 g/mol. The molecule has 3 aromatic carbocycles. The van der Waals surface area contributed by atoms with Crippen molar-refractivity contribution in [3.63, 3.8) is 0 Å². The van der Waals surface area contributed by atoms with Gasteiger partial charge in [0.15, 0.2) is 0 Å². The number of benzene rings is 3. The van der Waals surface area contributed by atoms with E-state index in [9.17, 15) is 21.0 Å². The van der Waals surface area contributed by atoms with E-state index in [4.69, 9.17) is 11.1 Å². The third-order valence-electron chi connectivity index (χ3n) is 4.35. The van der Waals surface area contributed by atoms with E-state index in [1.807, 2.05) is 24.3 Å². The number of hydrogen-bond donors (Lipinski definition) is 0. The van der Waals surface area contributed by atoms with Crippen molar-refractivity contribution in [3.8, 4) is 24.3 Å². The zero-order valence-electron chi connectivity index (χ0n) is 14.9. The van der Waals surface area contributed by atoms with E-state index in [-0.39, 0.29) is 33.0 Å². The normalized spacial score (nSPS) is 9.20. The molecule has 0 saturated carbocycles. The van der Waals surface area contributed by atoms with Crippen LogP contribution in [0, 0.1) is 45.3 Å². The smallest absolute Gasteiger partial charge is 0.138 e. The Morgan fingerprint density at radius 2 is 1.00 bits per heavy atom. The fourth-order valence-electron chi connectivity index (χ4n) is 3.24. The molecule has 30 heavy (non-hydrogen) atoms. The van der Waals surface area contributed by atoms with Gasteiger partial charge >= 0.3 is 0 Å². The van der Waals surface area contributed by atoms with Crippen molar-refractivity contribution >= 4 is 44.1 Å². The van der Waals surface area contributed by atoms with Crippen LogP contribution in [0.3, 0.4) is 0 Å². The van der Waals surface area contributed by atoms with Crippen LogP contribution in [0.2, 0.25) is 0 Å². The molecule has 3 aromatic rings. The molecule has 0 unspecified atom stereocenters. The van der Waals surface area contributed by atoms with Crippen molar-refractivity contribution in [2.24, 2.45) is 10.2 Å². The Labute approximate surface area is 167 Å². The molecule has 0 aliphatic heterocycles. The second-order valence-electron chi connectivity index (χ2n) is 5.79. The standard InChI is InChI=1S/C20H6N10/c21-7-11(8-22)19-15-3-1-13(27-29-25)5-17(15)20(12(9-23)10-24)16-4-2-14(28-30-26)6-18(16)19/h1-6H. The molecule has 0 fully saturated rings. The predicted octanol–water partition coefficient (Wildman–Crippen LogP) is 4.27. The lowest BCUT2D eigenvalue weighted by molar-refractivity contribution is 1.47. The minimum absolute atomic E-state index is 0.207. The average Bonchev–Trinajstić information content (AvgIpc) is 2.76. The Balaban J connectivity index is 2.91. The largest absolute Gasteiger partial charge is 0.192 e. The third kappa shape index (κ3) is 3.04.